The van der Waals surface area contributed by atoms with Crippen molar-refractivity contribution in [3.05, 3.63) is 0 Å². The van der Waals surface area contributed by atoms with Crippen molar-refractivity contribution in [2.75, 3.05) is 20.6 Å². The zero-order valence-corrected chi connectivity index (χ0v) is 11.7. The second-order valence-electron chi connectivity index (χ2n) is 5.87. The average Bonchev–Trinajstić information content (AvgIpc) is 2.11. The Labute approximate surface area is 99.6 Å². The highest BCUT2D eigenvalue weighted by Crippen LogP contribution is 2.28. The second-order valence-corrected chi connectivity index (χ2v) is 5.87. The smallest absolute Gasteiger partial charge is 0.227 e. The standard InChI is InChI=1S/C12H27N3O/c1-9(15(6)7)8-14-10(16)11(2,3)12(4,5)13/h9H,8,13H2,1-7H3,(H,14,16). The number of hydrogen-bond donors (Lipinski definition) is 2. The van der Waals surface area contributed by atoms with Crippen molar-refractivity contribution in [3.8, 4) is 0 Å². The highest BCUT2D eigenvalue weighted by molar-refractivity contribution is 5.83. The fourth-order valence-corrected chi connectivity index (χ4v) is 0.937. The molecule has 0 saturated carbocycles. The number of hydrogen-bond acceptors (Lipinski definition) is 3. The van der Waals surface area contributed by atoms with Gasteiger partial charge >= 0.3 is 0 Å². The molecule has 0 heterocycles. The number of nitrogens with two attached hydrogens (primary N) is 1. The molecule has 4 heteroatoms. The van der Waals surface area contributed by atoms with Crippen LogP contribution in [0.15, 0.2) is 0 Å². The highest BCUT2D eigenvalue weighted by Gasteiger charge is 2.40. The Morgan fingerprint density at radius 3 is 2.06 bits per heavy atom. The summed E-state index contributed by atoms with van der Waals surface area (Å²) in [6.07, 6.45) is 0. The third-order valence-electron chi connectivity index (χ3n) is 3.62. The Morgan fingerprint density at radius 2 is 1.75 bits per heavy atom. The third kappa shape index (κ3) is 3.76. The molecule has 0 saturated heterocycles. The summed E-state index contributed by atoms with van der Waals surface area (Å²) in [6, 6.07) is 0.320. The summed E-state index contributed by atoms with van der Waals surface area (Å²) < 4.78 is 0. The van der Waals surface area contributed by atoms with Crippen LogP contribution < -0.4 is 11.1 Å². The predicted octanol–water partition coefficient (Wildman–Crippen LogP) is 0.816. The van der Waals surface area contributed by atoms with Crippen LogP contribution in [0.3, 0.4) is 0 Å². The number of rotatable bonds is 5. The van der Waals surface area contributed by atoms with Crippen molar-refractivity contribution < 1.29 is 4.79 Å². The summed E-state index contributed by atoms with van der Waals surface area (Å²) in [4.78, 5) is 14.1. The number of amides is 1. The van der Waals surface area contributed by atoms with Crippen molar-refractivity contribution in [1.82, 2.24) is 10.2 Å². The normalized spacial score (nSPS) is 15.1. The van der Waals surface area contributed by atoms with Crippen molar-refractivity contribution >= 4 is 5.91 Å². The molecule has 0 aromatic rings. The number of likely N-dealkylation sites (N-methyl/N-ethyl adjacent to an activating group) is 1. The third-order valence-corrected chi connectivity index (χ3v) is 3.62. The van der Waals surface area contributed by atoms with E-state index in [0.717, 1.165) is 0 Å². The van der Waals surface area contributed by atoms with E-state index >= 15 is 0 Å². The van der Waals surface area contributed by atoms with E-state index in [2.05, 4.69) is 17.1 Å². The number of nitrogens with one attached hydrogen (secondary N) is 1. The minimum Gasteiger partial charge on any atom is -0.354 e. The molecule has 0 aromatic heterocycles. The second kappa shape index (κ2) is 5.15. The Balaban J connectivity index is 4.38. The first kappa shape index (κ1) is 15.4. The molecule has 0 rings (SSSR count). The van der Waals surface area contributed by atoms with Gasteiger partial charge in [0.05, 0.1) is 5.41 Å². The van der Waals surface area contributed by atoms with Gasteiger partial charge in [-0.1, -0.05) is 0 Å². The average molecular weight is 229 g/mol. The molecule has 0 bridgehead atoms. The van der Waals surface area contributed by atoms with Gasteiger partial charge in [0.1, 0.15) is 0 Å². The van der Waals surface area contributed by atoms with Crippen LogP contribution in [0.1, 0.15) is 34.6 Å². The SMILES string of the molecule is CC(CNC(=O)C(C)(C)C(C)(C)N)N(C)C. The summed E-state index contributed by atoms with van der Waals surface area (Å²) in [5, 5.41) is 2.95. The van der Waals surface area contributed by atoms with E-state index in [1.54, 1.807) is 0 Å². The van der Waals surface area contributed by atoms with E-state index in [-0.39, 0.29) is 5.91 Å². The molecule has 0 aliphatic heterocycles. The lowest BCUT2D eigenvalue weighted by molar-refractivity contribution is -0.132. The van der Waals surface area contributed by atoms with Crippen LogP contribution in [-0.2, 0) is 4.79 Å². The maximum absolute atomic E-state index is 12.0. The zero-order chi connectivity index (χ0) is 13.1. The van der Waals surface area contributed by atoms with Crippen LogP contribution in [0, 0.1) is 5.41 Å². The first-order valence-electron chi connectivity index (χ1n) is 5.73. The minimum atomic E-state index is -0.570. The van der Waals surface area contributed by atoms with Gasteiger partial charge in [-0.15, -0.1) is 0 Å². The maximum Gasteiger partial charge on any atom is 0.227 e. The van der Waals surface area contributed by atoms with Crippen LogP contribution >= 0.6 is 0 Å². The predicted molar refractivity (Wildman–Crippen MR) is 68.2 cm³/mol. The molecule has 0 aliphatic rings. The van der Waals surface area contributed by atoms with Gasteiger partial charge in [-0.3, -0.25) is 4.79 Å². The molecule has 1 unspecified atom stereocenters. The Kier molecular flexibility index (Phi) is 4.95. The molecule has 0 aromatic carbocycles. The van der Waals surface area contributed by atoms with Gasteiger partial charge in [-0.2, -0.15) is 0 Å². The van der Waals surface area contributed by atoms with Crippen LogP contribution in [0.5, 0.6) is 0 Å². The van der Waals surface area contributed by atoms with Crippen molar-refractivity contribution in [2.24, 2.45) is 11.1 Å². The van der Waals surface area contributed by atoms with Crippen molar-refractivity contribution in [2.45, 2.75) is 46.2 Å². The molecule has 0 radical (unpaired) electrons. The highest BCUT2D eigenvalue weighted by atomic mass is 16.2. The molecule has 96 valence electrons. The molecular weight excluding hydrogens is 202 g/mol. The van der Waals surface area contributed by atoms with E-state index in [1.165, 1.54) is 0 Å². The van der Waals surface area contributed by atoms with Gasteiger partial charge in [-0.25, -0.2) is 0 Å². The maximum atomic E-state index is 12.0. The van der Waals surface area contributed by atoms with Crippen LogP contribution in [-0.4, -0.2) is 43.0 Å². The van der Waals surface area contributed by atoms with E-state index in [1.807, 2.05) is 41.8 Å². The van der Waals surface area contributed by atoms with Crippen molar-refractivity contribution in [3.63, 3.8) is 0 Å². The van der Waals surface area contributed by atoms with Gasteiger partial charge in [0.25, 0.3) is 0 Å². The lowest BCUT2D eigenvalue weighted by atomic mass is 9.74. The number of carbonyl (C=O) groups excluding carboxylic acids is 1. The van der Waals surface area contributed by atoms with Crippen molar-refractivity contribution in [1.29, 1.82) is 0 Å². The fraction of sp³-hybridized carbons (Fsp3) is 0.917. The topological polar surface area (TPSA) is 58.4 Å². The summed E-state index contributed by atoms with van der Waals surface area (Å²) in [7, 11) is 3.99. The quantitative estimate of drug-likeness (QED) is 0.733. The first-order chi connectivity index (χ1) is 7.00. The minimum absolute atomic E-state index is 0.00806. The van der Waals surface area contributed by atoms with E-state index in [9.17, 15) is 4.79 Å². The molecule has 0 spiro atoms. The molecular formula is C12H27N3O. The molecule has 16 heavy (non-hydrogen) atoms. The summed E-state index contributed by atoms with van der Waals surface area (Å²) in [5.41, 5.74) is 4.91. The van der Waals surface area contributed by atoms with Gasteiger partial charge in [0.2, 0.25) is 5.91 Å². The summed E-state index contributed by atoms with van der Waals surface area (Å²) in [5.74, 6) is 0.00806. The molecule has 0 aliphatic carbocycles. The van der Waals surface area contributed by atoms with Crippen LogP contribution in [0.2, 0.25) is 0 Å². The van der Waals surface area contributed by atoms with Crippen LogP contribution in [0.25, 0.3) is 0 Å². The molecule has 1 amide bonds. The van der Waals surface area contributed by atoms with Gasteiger partial charge < -0.3 is 16.0 Å². The Bertz CT molecular complexity index is 241. The monoisotopic (exact) mass is 229 g/mol. The molecule has 1 atom stereocenters. The van der Waals surface area contributed by atoms with E-state index < -0.39 is 11.0 Å². The summed E-state index contributed by atoms with van der Waals surface area (Å²) >= 11 is 0. The van der Waals surface area contributed by atoms with Gasteiger partial charge in [0.15, 0.2) is 0 Å². The summed E-state index contributed by atoms with van der Waals surface area (Å²) in [6.45, 7) is 10.2. The Morgan fingerprint density at radius 1 is 1.31 bits per heavy atom. The zero-order valence-electron chi connectivity index (χ0n) is 11.7. The lowest BCUT2D eigenvalue weighted by Crippen LogP contribution is -2.56. The van der Waals surface area contributed by atoms with Gasteiger partial charge in [0, 0.05) is 18.1 Å². The molecule has 0 fully saturated rings. The number of nitrogens with zero attached hydrogens (tertiary/aromatic N) is 1. The Hall–Kier alpha value is -0.610. The van der Waals surface area contributed by atoms with E-state index in [0.29, 0.717) is 12.6 Å². The van der Waals surface area contributed by atoms with Crippen LogP contribution in [0.4, 0.5) is 0 Å². The van der Waals surface area contributed by atoms with E-state index in [4.69, 9.17) is 5.73 Å². The first-order valence-corrected chi connectivity index (χ1v) is 5.73. The fourth-order valence-electron chi connectivity index (χ4n) is 0.937. The molecule has 4 nitrogen and oxygen atoms in total. The van der Waals surface area contributed by atoms with Gasteiger partial charge in [-0.05, 0) is 48.7 Å². The largest absolute Gasteiger partial charge is 0.354 e. The molecule has 3 N–H and O–H groups in total. The number of carbonyl (C=O) groups is 1. The lowest BCUT2D eigenvalue weighted by Gasteiger charge is -2.37.